The minimum atomic E-state index is -0.895. The van der Waals surface area contributed by atoms with Crippen molar-refractivity contribution in [2.75, 3.05) is 6.61 Å². The molecule has 0 aliphatic carbocycles. The van der Waals surface area contributed by atoms with Crippen LogP contribution in [0.4, 0.5) is 4.79 Å². The molecule has 1 saturated heterocycles. The van der Waals surface area contributed by atoms with E-state index in [4.69, 9.17) is 0 Å². The molecule has 0 radical (unpaired) electrons. The lowest BCUT2D eigenvalue weighted by molar-refractivity contribution is -0.124. The van der Waals surface area contributed by atoms with Crippen molar-refractivity contribution in [2.24, 2.45) is 0 Å². The molecule has 1 aliphatic heterocycles. The number of ether oxygens (including phenoxy) is 1. The minimum absolute atomic E-state index is 0.345. The van der Waals surface area contributed by atoms with Crippen LogP contribution in [0.3, 0.4) is 0 Å². The number of hydrogen-bond acceptors (Lipinski definition) is 5. The molecule has 0 spiro atoms. The summed E-state index contributed by atoms with van der Waals surface area (Å²) in [7, 11) is 0. The second kappa shape index (κ2) is 3.22. The normalized spacial score (nSPS) is 15.9. The van der Waals surface area contributed by atoms with Gasteiger partial charge in [-0.05, 0) is 11.4 Å². The lowest BCUT2D eigenvalue weighted by Gasteiger charge is -2.05. The highest BCUT2D eigenvalue weighted by atomic mass is 32.1. The van der Waals surface area contributed by atoms with Gasteiger partial charge < -0.3 is 4.74 Å². The zero-order valence-corrected chi connectivity index (χ0v) is 7.74. The Morgan fingerprint density at radius 2 is 2.29 bits per heavy atom. The van der Waals surface area contributed by atoms with Crippen molar-refractivity contribution in [1.29, 1.82) is 0 Å². The van der Waals surface area contributed by atoms with Gasteiger partial charge in [-0.3, -0.25) is 9.59 Å². The lowest BCUT2D eigenvalue weighted by Crippen LogP contribution is -2.35. The summed E-state index contributed by atoms with van der Waals surface area (Å²) in [5.41, 5.74) is 0. The molecule has 6 heteroatoms. The van der Waals surface area contributed by atoms with Gasteiger partial charge in [-0.15, -0.1) is 11.3 Å². The van der Waals surface area contributed by atoms with Gasteiger partial charge in [0.25, 0.3) is 11.8 Å². The number of cyclic esters (lactones) is 1. The zero-order valence-electron chi connectivity index (χ0n) is 6.93. The summed E-state index contributed by atoms with van der Waals surface area (Å²) in [5, 5.41) is 1.69. The van der Waals surface area contributed by atoms with Gasteiger partial charge in [-0.2, -0.15) is 4.90 Å². The highest BCUT2D eigenvalue weighted by Gasteiger charge is 2.37. The highest BCUT2D eigenvalue weighted by Crippen LogP contribution is 2.15. The summed E-state index contributed by atoms with van der Waals surface area (Å²) in [6, 6.07) is 3.22. The predicted octanol–water partition coefficient (Wildman–Crippen LogP) is 0.867. The van der Waals surface area contributed by atoms with E-state index in [0.717, 1.165) is 0 Å². The molecule has 1 fully saturated rings. The fourth-order valence-electron chi connectivity index (χ4n) is 1.06. The van der Waals surface area contributed by atoms with Gasteiger partial charge >= 0.3 is 6.09 Å². The third-order valence-electron chi connectivity index (χ3n) is 1.69. The topological polar surface area (TPSA) is 63.7 Å². The molecule has 2 rings (SSSR count). The van der Waals surface area contributed by atoms with E-state index in [1.807, 2.05) is 0 Å². The summed E-state index contributed by atoms with van der Waals surface area (Å²) >= 11 is 1.17. The number of carbonyl (C=O) groups is 3. The molecule has 14 heavy (non-hydrogen) atoms. The Morgan fingerprint density at radius 1 is 1.50 bits per heavy atom. The number of nitrogens with zero attached hydrogens (tertiary/aromatic N) is 1. The fraction of sp³-hybridized carbons (Fsp3) is 0.125. The Hall–Kier alpha value is -1.69. The van der Waals surface area contributed by atoms with E-state index in [-0.39, 0.29) is 6.61 Å². The van der Waals surface area contributed by atoms with E-state index >= 15 is 0 Å². The van der Waals surface area contributed by atoms with Crippen molar-refractivity contribution < 1.29 is 19.1 Å². The van der Waals surface area contributed by atoms with Crippen LogP contribution < -0.4 is 0 Å². The monoisotopic (exact) mass is 211 g/mol. The van der Waals surface area contributed by atoms with Crippen molar-refractivity contribution >= 4 is 29.2 Å². The van der Waals surface area contributed by atoms with Crippen LogP contribution in [0.2, 0.25) is 0 Å². The largest absolute Gasteiger partial charge is 0.439 e. The Labute approximate surface area is 82.9 Å². The molecule has 0 bridgehead atoms. The molecule has 1 aliphatic rings. The van der Waals surface area contributed by atoms with E-state index in [1.54, 1.807) is 17.5 Å². The van der Waals surface area contributed by atoms with Crippen molar-refractivity contribution in [3.63, 3.8) is 0 Å². The van der Waals surface area contributed by atoms with Crippen LogP contribution in [0, 0.1) is 0 Å². The molecule has 0 saturated carbocycles. The smallest absolute Gasteiger partial charge is 0.424 e. The fourth-order valence-corrected chi connectivity index (χ4v) is 1.71. The summed E-state index contributed by atoms with van der Waals surface area (Å²) in [6.07, 6.45) is -0.895. The highest BCUT2D eigenvalue weighted by molar-refractivity contribution is 7.12. The first-order valence-electron chi connectivity index (χ1n) is 3.77. The molecule has 0 unspecified atom stereocenters. The predicted molar refractivity (Wildman–Crippen MR) is 46.8 cm³/mol. The molecule has 3 amide bonds. The maximum Gasteiger partial charge on any atom is 0.424 e. The summed E-state index contributed by atoms with van der Waals surface area (Å²) in [5.74, 6) is -1.24. The molecule has 0 atom stereocenters. The molecule has 0 N–H and O–H groups in total. The van der Waals surface area contributed by atoms with E-state index in [2.05, 4.69) is 4.74 Å². The van der Waals surface area contributed by atoms with Crippen LogP contribution in [0.1, 0.15) is 9.67 Å². The van der Waals surface area contributed by atoms with Crippen LogP contribution in [0.5, 0.6) is 0 Å². The summed E-state index contributed by atoms with van der Waals surface area (Å²) in [6.45, 7) is -0.351. The van der Waals surface area contributed by atoms with Crippen LogP contribution in [-0.4, -0.2) is 29.4 Å². The maximum atomic E-state index is 11.5. The summed E-state index contributed by atoms with van der Waals surface area (Å²) in [4.78, 5) is 34.5. The van der Waals surface area contributed by atoms with Crippen molar-refractivity contribution in [1.82, 2.24) is 4.90 Å². The number of hydrogen-bond donors (Lipinski definition) is 0. The van der Waals surface area contributed by atoms with Gasteiger partial charge in [0.1, 0.15) is 0 Å². The third-order valence-corrected chi connectivity index (χ3v) is 2.54. The van der Waals surface area contributed by atoms with Crippen molar-refractivity contribution in [3.8, 4) is 0 Å². The zero-order chi connectivity index (χ0) is 10.1. The van der Waals surface area contributed by atoms with Crippen LogP contribution in [-0.2, 0) is 9.53 Å². The standard InChI is InChI=1S/C8H5NO4S/c10-6-4-13-8(12)9(6)7(11)5-2-1-3-14-5/h1-3H,4H2. The molecule has 1 aromatic heterocycles. The van der Waals surface area contributed by atoms with E-state index in [0.29, 0.717) is 9.78 Å². The van der Waals surface area contributed by atoms with Crippen molar-refractivity contribution in [2.45, 2.75) is 0 Å². The molecule has 2 heterocycles. The van der Waals surface area contributed by atoms with Crippen LogP contribution in [0.15, 0.2) is 17.5 Å². The van der Waals surface area contributed by atoms with E-state index in [1.165, 1.54) is 11.3 Å². The Kier molecular flexibility index (Phi) is 2.05. The summed E-state index contributed by atoms with van der Waals surface area (Å²) < 4.78 is 4.42. The quantitative estimate of drug-likeness (QED) is 0.646. The number of thiophene rings is 1. The molecular formula is C8H5NO4S. The SMILES string of the molecule is O=C1COC(=O)N1C(=O)c1cccs1. The first kappa shape index (κ1) is 8.89. The van der Waals surface area contributed by atoms with Gasteiger partial charge in [0.05, 0.1) is 4.88 Å². The lowest BCUT2D eigenvalue weighted by atomic mass is 10.4. The first-order chi connectivity index (χ1) is 6.70. The van der Waals surface area contributed by atoms with Gasteiger partial charge in [0.15, 0.2) is 6.61 Å². The number of amides is 3. The molecule has 0 aromatic carbocycles. The van der Waals surface area contributed by atoms with Gasteiger partial charge in [-0.1, -0.05) is 6.07 Å². The Bertz CT molecular complexity index is 381. The second-order valence-electron chi connectivity index (χ2n) is 2.57. The number of imide groups is 3. The second-order valence-corrected chi connectivity index (χ2v) is 3.51. The van der Waals surface area contributed by atoms with Crippen LogP contribution >= 0.6 is 11.3 Å². The molecular weight excluding hydrogens is 206 g/mol. The Balaban J connectivity index is 2.27. The minimum Gasteiger partial charge on any atom is -0.439 e. The maximum absolute atomic E-state index is 11.5. The van der Waals surface area contributed by atoms with Gasteiger partial charge in [0.2, 0.25) is 0 Å². The van der Waals surface area contributed by atoms with E-state index in [9.17, 15) is 14.4 Å². The Morgan fingerprint density at radius 3 is 2.79 bits per heavy atom. The van der Waals surface area contributed by atoms with Gasteiger partial charge in [0, 0.05) is 0 Å². The van der Waals surface area contributed by atoms with E-state index < -0.39 is 17.9 Å². The third kappa shape index (κ3) is 1.29. The molecule has 5 nitrogen and oxygen atoms in total. The molecule has 1 aromatic rings. The first-order valence-corrected chi connectivity index (χ1v) is 4.65. The van der Waals surface area contributed by atoms with Crippen LogP contribution in [0.25, 0.3) is 0 Å². The van der Waals surface area contributed by atoms with Gasteiger partial charge in [-0.25, -0.2) is 4.79 Å². The number of carbonyl (C=O) groups excluding carboxylic acids is 3. The average molecular weight is 211 g/mol. The average Bonchev–Trinajstić information content (AvgIpc) is 2.75. The van der Waals surface area contributed by atoms with Crippen molar-refractivity contribution in [3.05, 3.63) is 22.4 Å². The number of rotatable bonds is 1. The molecule has 72 valence electrons.